The van der Waals surface area contributed by atoms with E-state index < -0.39 is 11.7 Å². The van der Waals surface area contributed by atoms with Crippen molar-refractivity contribution < 1.29 is 22.4 Å². The van der Waals surface area contributed by atoms with Crippen LogP contribution in [-0.2, 0) is 6.18 Å². The molecule has 0 saturated carbocycles. The van der Waals surface area contributed by atoms with Gasteiger partial charge in [0.25, 0.3) is 0 Å². The summed E-state index contributed by atoms with van der Waals surface area (Å²) in [5.41, 5.74) is -0.757. The van der Waals surface area contributed by atoms with Crippen LogP contribution in [0.4, 0.5) is 18.3 Å². The zero-order valence-electron chi connectivity index (χ0n) is 14.2. The summed E-state index contributed by atoms with van der Waals surface area (Å²) in [5.74, 6) is 0.805. The highest BCUT2D eigenvalue weighted by Crippen LogP contribution is 2.37. The Bertz CT molecular complexity index is 940. The summed E-state index contributed by atoms with van der Waals surface area (Å²) >= 11 is 1.41. The fourth-order valence-electron chi connectivity index (χ4n) is 2.90. The molecule has 3 aromatic rings. The zero-order valence-corrected chi connectivity index (χ0v) is 15.0. The summed E-state index contributed by atoms with van der Waals surface area (Å²) in [6.07, 6.45) is -2.50. The van der Waals surface area contributed by atoms with E-state index in [9.17, 15) is 13.2 Å². The molecule has 0 spiro atoms. The summed E-state index contributed by atoms with van der Waals surface area (Å²) in [7, 11) is 0. The summed E-state index contributed by atoms with van der Waals surface area (Å²) in [6.45, 7) is 2.82. The summed E-state index contributed by atoms with van der Waals surface area (Å²) in [4.78, 5) is 11.3. The first kappa shape index (κ1) is 17.8. The molecule has 1 saturated heterocycles. The minimum Gasteiger partial charge on any atom is -0.488 e. The van der Waals surface area contributed by atoms with Crippen LogP contribution in [-0.4, -0.2) is 34.3 Å². The first-order chi connectivity index (χ1) is 12.9. The molecule has 27 heavy (non-hydrogen) atoms. The summed E-state index contributed by atoms with van der Waals surface area (Å²) < 4.78 is 50.0. The van der Waals surface area contributed by atoms with E-state index in [4.69, 9.17) is 9.26 Å². The third-order valence-electron chi connectivity index (χ3n) is 4.14. The Kier molecular flexibility index (Phi) is 4.50. The summed E-state index contributed by atoms with van der Waals surface area (Å²) in [6, 6.07) is 5.28. The normalized spacial score (nSPS) is 17.5. The number of ether oxygens (including phenoxy) is 1. The molecule has 4 rings (SSSR count). The van der Waals surface area contributed by atoms with Crippen molar-refractivity contribution in [3.05, 3.63) is 41.9 Å². The second-order valence-corrected chi connectivity index (χ2v) is 7.12. The van der Waals surface area contributed by atoms with E-state index in [1.54, 1.807) is 13.1 Å². The predicted molar refractivity (Wildman–Crippen MR) is 92.8 cm³/mol. The van der Waals surface area contributed by atoms with Crippen LogP contribution in [0.15, 0.2) is 35.0 Å². The highest BCUT2D eigenvalue weighted by molar-refractivity contribution is 7.18. The Labute approximate surface area is 156 Å². The van der Waals surface area contributed by atoms with Gasteiger partial charge < -0.3 is 14.2 Å². The van der Waals surface area contributed by atoms with Gasteiger partial charge in [-0.25, -0.2) is 4.98 Å². The predicted octanol–water partition coefficient (Wildman–Crippen LogP) is 4.18. The molecule has 1 fully saturated rings. The van der Waals surface area contributed by atoms with Gasteiger partial charge in [-0.2, -0.15) is 18.2 Å². The Balaban J connectivity index is 1.45. The van der Waals surface area contributed by atoms with Crippen LogP contribution < -0.4 is 9.64 Å². The second-order valence-electron chi connectivity index (χ2n) is 6.11. The number of anilines is 1. The molecule has 3 heterocycles. The lowest BCUT2D eigenvalue weighted by Gasteiger charge is -2.19. The molecule has 2 aromatic heterocycles. The fourth-order valence-corrected chi connectivity index (χ4v) is 3.77. The van der Waals surface area contributed by atoms with E-state index in [0.717, 1.165) is 16.1 Å². The van der Waals surface area contributed by atoms with Crippen molar-refractivity contribution in [2.45, 2.75) is 25.6 Å². The van der Waals surface area contributed by atoms with Crippen LogP contribution in [0.25, 0.3) is 10.7 Å². The maximum absolute atomic E-state index is 13.1. The van der Waals surface area contributed by atoms with Crippen molar-refractivity contribution in [1.29, 1.82) is 0 Å². The SMILES string of the molecule is Cc1nc(-c2cnc(N3CC[C@H](Oc4ccccc4C(F)(F)F)C3)s2)no1. The van der Waals surface area contributed by atoms with Gasteiger partial charge in [0.1, 0.15) is 11.9 Å². The number of hydrogen-bond donors (Lipinski definition) is 0. The number of aromatic nitrogens is 3. The van der Waals surface area contributed by atoms with Gasteiger partial charge in [0.2, 0.25) is 11.7 Å². The van der Waals surface area contributed by atoms with Crippen molar-refractivity contribution in [3.8, 4) is 16.5 Å². The molecule has 142 valence electrons. The zero-order chi connectivity index (χ0) is 19.0. The summed E-state index contributed by atoms with van der Waals surface area (Å²) in [5, 5.41) is 4.62. The lowest BCUT2D eigenvalue weighted by Crippen LogP contribution is -2.25. The molecular formula is C17H15F3N4O2S. The molecular weight excluding hydrogens is 381 g/mol. The molecule has 0 bridgehead atoms. The van der Waals surface area contributed by atoms with Crippen molar-refractivity contribution in [2.75, 3.05) is 18.0 Å². The maximum Gasteiger partial charge on any atom is 0.419 e. The Morgan fingerprint density at radius 1 is 1.30 bits per heavy atom. The van der Waals surface area contributed by atoms with E-state index in [0.29, 0.717) is 31.2 Å². The maximum atomic E-state index is 13.1. The van der Waals surface area contributed by atoms with E-state index >= 15 is 0 Å². The molecule has 0 radical (unpaired) electrons. The number of halogens is 3. The van der Waals surface area contributed by atoms with Crippen molar-refractivity contribution >= 4 is 16.5 Å². The average molecular weight is 396 g/mol. The molecule has 0 N–H and O–H groups in total. The number of thiazole rings is 1. The van der Waals surface area contributed by atoms with E-state index in [1.807, 2.05) is 4.90 Å². The second kappa shape index (κ2) is 6.84. The van der Waals surface area contributed by atoms with Crippen LogP contribution in [0.1, 0.15) is 17.9 Å². The number of benzene rings is 1. The van der Waals surface area contributed by atoms with Gasteiger partial charge in [0.05, 0.1) is 23.2 Å². The van der Waals surface area contributed by atoms with Crippen LogP contribution in [0.3, 0.4) is 0 Å². The van der Waals surface area contributed by atoms with E-state index in [2.05, 4.69) is 15.1 Å². The highest BCUT2D eigenvalue weighted by Gasteiger charge is 2.35. The molecule has 0 amide bonds. The molecule has 1 aliphatic rings. The Morgan fingerprint density at radius 2 is 2.11 bits per heavy atom. The Hall–Kier alpha value is -2.62. The average Bonchev–Trinajstić information content (AvgIpc) is 3.34. The molecule has 1 aliphatic heterocycles. The number of alkyl halides is 3. The third-order valence-corrected chi connectivity index (χ3v) is 5.20. The molecule has 0 aliphatic carbocycles. The van der Waals surface area contributed by atoms with Crippen molar-refractivity contribution in [3.63, 3.8) is 0 Å². The third kappa shape index (κ3) is 3.75. The molecule has 0 unspecified atom stereocenters. The quantitative estimate of drug-likeness (QED) is 0.659. The first-order valence-corrected chi connectivity index (χ1v) is 9.06. The largest absolute Gasteiger partial charge is 0.488 e. The molecule has 10 heteroatoms. The number of para-hydroxylation sites is 1. The lowest BCUT2D eigenvalue weighted by molar-refractivity contribution is -0.139. The van der Waals surface area contributed by atoms with Crippen LogP contribution >= 0.6 is 11.3 Å². The minimum atomic E-state index is -4.44. The topological polar surface area (TPSA) is 64.3 Å². The van der Waals surface area contributed by atoms with Crippen molar-refractivity contribution in [1.82, 2.24) is 15.1 Å². The number of aryl methyl sites for hydroxylation is 1. The highest BCUT2D eigenvalue weighted by atomic mass is 32.1. The molecule has 6 nitrogen and oxygen atoms in total. The molecule has 1 aromatic carbocycles. The van der Waals surface area contributed by atoms with Gasteiger partial charge in [-0.1, -0.05) is 28.6 Å². The van der Waals surface area contributed by atoms with Crippen LogP contribution in [0.2, 0.25) is 0 Å². The molecule has 1 atom stereocenters. The van der Waals surface area contributed by atoms with Gasteiger partial charge in [0.15, 0.2) is 5.13 Å². The number of hydrogen-bond acceptors (Lipinski definition) is 7. The number of nitrogens with zero attached hydrogens (tertiary/aromatic N) is 4. The van der Waals surface area contributed by atoms with Crippen LogP contribution in [0.5, 0.6) is 5.75 Å². The van der Waals surface area contributed by atoms with Gasteiger partial charge in [-0.15, -0.1) is 0 Å². The Morgan fingerprint density at radius 3 is 2.85 bits per heavy atom. The number of rotatable bonds is 4. The van der Waals surface area contributed by atoms with Gasteiger partial charge in [-0.05, 0) is 12.1 Å². The van der Waals surface area contributed by atoms with Crippen molar-refractivity contribution in [2.24, 2.45) is 0 Å². The van der Waals surface area contributed by atoms with E-state index in [1.165, 1.54) is 29.5 Å². The monoisotopic (exact) mass is 396 g/mol. The smallest absolute Gasteiger partial charge is 0.419 e. The van der Waals surface area contributed by atoms with Gasteiger partial charge >= 0.3 is 6.18 Å². The minimum absolute atomic E-state index is 0.140. The first-order valence-electron chi connectivity index (χ1n) is 8.24. The standard InChI is InChI=1S/C17H15F3N4O2S/c1-10-22-15(23-26-10)14-8-21-16(27-14)24-7-6-11(9-24)25-13-5-3-2-4-12(13)17(18,19)20/h2-5,8,11H,6-7,9H2,1H3/t11-/m0/s1. The van der Waals surface area contributed by atoms with E-state index in [-0.39, 0.29) is 11.9 Å². The van der Waals surface area contributed by atoms with Crippen LogP contribution in [0, 0.1) is 6.92 Å². The van der Waals surface area contributed by atoms with Gasteiger partial charge in [-0.3, -0.25) is 0 Å². The fraction of sp³-hybridized carbons (Fsp3) is 0.353. The lowest BCUT2D eigenvalue weighted by atomic mass is 10.2. The van der Waals surface area contributed by atoms with Gasteiger partial charge in [0, 0.05) is 19.9 Å².